The lowest BCUT2D eigenvalue weighted by Crippen LogP contribution is -2.43. The number of carbonyl (C=O) groups is 2. The van der Waals surface area contributed by atoms with Crippen LogP contribution >= 0.6 is 22.9 Å². The molecule has 210 valence electrons. The van der Waals surface area contributed by atoms with Crippen LogP contribution in [0.5, 0.6) is 0 Å². The standard InChI is InChI=1S/C30H35ClN6O2S/c1-30(2,3)23-10-14-25(15-11-23)37(17-19-4-6-21(7-5-19)27(38)34-29(32)35-36-33)28(39)26-16-22(18-40-26)20-8-12-24(31)13-9-20/h4-9,12-13,16,18,23,25H,10-11,14-15,17H2,1-3H3,(H4,32,33,34,35,38). The summed E-state index contributed by atoms with van der Waals surface area (Å²) in [6.07, 6.45) is 4.10. The first-order valence-corrected chi connectivity index (χ1v) is 14.6. The van der Waals surface area contributed by atoms with E-state index in [0.717, 1.165) is 42.4 Å². The number of nitrogens with two attached hydrogens (primary N) is 1. The predicted molar refractivity (Wildman–Crippen MR) is 161 cm³/mol. The third-order valence-electron chi connectivity index (χ3n) is 7.58. The van der Waals surface area contributed by atoms with E-state index >= 15 is 0 Å². The van der Waals surface area contributed by atoms with Gasteiger partial charge in [-0.1, -0.05) is 61.7 Å². The van der Waals surface area contributed by atoms with Crippen LogP contribution in [0.4, 0.5) is 0 Å². The van der Waals surface area contributed by atoms with Gasteiger partial charge in [-0.25, -0.2) is 0 Å². The Bertz CT molecular complexity index is 1370. The van der Waals surface area contributed by atoms with Crippen molar-refractivity contribution in [2.24, 2.45) is 27.4 Å². The Hall–Kier alpha value is -3.56. The summed E-state index contributed by atoms with van der Waals surface area (Å²) in [6.45, 7) is 7.33. The maximum Gasteiger partial charge on any atom is 0.264 e. The minimum atomic E-state index is -0.446. The molecule has 0 spiro atoms. The molecule has 1 aliphatic carbocycles. The first-order chi connectivity index (χ1) is 19.0. The number of nitrogens with zero attached hydrogens (tertiary/aromatic N) is 3. The second-order valence-corrected chi connectivity index (χ2v) is 12.6. The number of halogens is 1. The van der Waals surface area contributed by atoms with E-state index in [0.29, 0.717) is 27.9 Å². The molecule has 0 bridgehead atoms. The molecule has 10 heteroatoms. The van der Waals surface area contributed by atoms with Gasteiger partial charge in [0, 0.05) is 23.2 Å². The number of benzene rings is 2. The van der Waals surface area contributed by atoms with Crippen LogP contribution in [0, 0.1) is 16.9 Å². The molecule has 1 fully saturated rings. The summed E-state index contributed by atoms with van der Waals surface area (Å²) in [4.78, 5) is 29.1. The van der Waals surface area contributed by atoms with Crippen molar-refractivity contribution in [1.29, 1.82) is 5.53 Å². The van der Waals surface area contributed by atoms with Gasteiger partial charge in [0.05, 0.1) is 4.88 Å². The molecule has 1 aromatic heterocycles. The van der Waals surface area contributed by atoms with Gasteiger partial charge in [-0.05, 0) is 94.6 Å². The Balaban J connectivity index is 1.55. The quantitative estimate of drug-likeness (QED) is 0.118. The zero-order valence-electron chi connectivity index (χ0n) is 23.0. The number of carbonyl (C=O) groups excluding carboxylic acids is 2. The molecule has 0 saturated heterocycles. The second kappa shape index (κ2) is 12.7. The Morgan fingerprint density at radius 2 is 1.70 bits per heavy atom. The average molecular weight is 579 g/mol. The van der Waals surface area contributed by atoms with E-state index in [1.165, 1.54) is 11.3 Å². The van der Waals surface area contributed by atoms with Crippen molar-refractivity contribution < 1.29 is 9.59 Å². The van der Waals surface area contributed by atoms with Gasteiger partial charge in [-0.3, -0.25) is 14.9 Å². The fourth-order valence-electron chi connectivity index (χ4n) is 5.23. The highest BCUT2D eigenvalue weighted by molar-refractivity contribution is 7.12. The highest BCUT2D eigenvalue weighted by atomic mass is 35.5. The van der Waals surface area contributed by atoms with Gasteiger partial charge in [0.15, 0.2) is 0 Å². The lowest BCUT2D eigenvalue weighted by Gasteiger charge is -2.41. The van der Waals surface area contributed by atoms with Gasteiger partial charge in [-0.15, -0.1) is 11.3 Å². The van der Waals surface area contributed by atoms with Crippen LogP contribution in [-0.4, -0.2) is 28.7 Å². The van der Waals surface area contributed by atoms with Crippen molar-refractivity contribution in [2.45, 2.75) is 59.0 Å². The van der Waals surface area contributed by atoms with E-state index in [-0.39, 0.29) is 23.3 Å². The second-order valence-electron chi connectivity index (χ2n) is 11.2. The van der Waals surface area contributed by atoms with Crippen molar-refractivity contribution in [3.05, 3.63) is 81.0 Å². The Morgan fingerprint density at radius 1 is 1.05 bits per heavy atom. The van der Waals surface area contributed by atoms with Crippen molar-refractivity contribution >= 4 is 40.7 Å². The Kier molecular flexibility index (Phi) is 9.37. The number of rotatable bonds is 7. The van der Waals surface area contributed by atoms with Crippen LogP contribution < -0.4 is 11.1 Å². The topological polar surface area (TPSA) is 124 Å². The molecule has 0 radical (unpaired) electrons. The van der Waals surface area contributed by atoms with Gasteiger partial charge < -0.3 is 10.6 Å². The number of hydrogen-bond donors (Lipinski definition) is 3. The number of thiophene rings is 1. The fourth-order valence-corrected chi connectivity index (χ4v) is 6.23. The summed E-state index contributed by atoms with van der Waals surface area (Å²) in [6, 6.07) is 16.8. The largest absolute Gasteiger partial charge is 0.368 e. The van der Waals surface area contributed by atoms with Crippen molar-refractivity contribution in [3.63, 3.8) is 0 Å². The molecule has 1 saturated carbocycles. The van der Waals surface area contributed by atoms with E-state index in [4.69, 9.17) is 22.9 Å². The minimum Gasteiger partial charge on any atom is -0.368 e. The molecular formula is C30H35ClN6O2S. The molecule has 40 heavy (non-hydrogen) atoms. The maximum atomic E-state index is 14.0. The predicted octanol–water partition coefficient (Wildman–Crippen LogP) is 7.31. The van der Waals surface area contributed by atoms with E-state index < -0.39 is 5.91 Å². The molecule has 0 unspecified atom stereocenters. The van der Waals surface area contributed by atoms with Crippen LogP contribution in [0.2, 0.25) is 5.02 Å². The number of nitrogens with one attached hydrogen (secondary N) is 2. The maximum absolute atomic E-state index is 14.0. The van der Waals surface area contributed by atoms with Gasteiger partial charge >= 0.3 is 0 Å². The molecule has 2 aromatic carbocycles. The van der Waals surface area contributed by atoms with Crippen LogP contribution in [0.25, 0.3) is 11.1 Å². The van der Waals surface area contributed by atoms with Gasteiger partial charge in [0.25, 0.3) is 11.8 Å². The highest BCUT2D eigenvalue weighted by Crippen LogP contribution is 2.40. The fraction of sp³-hybridized carbons (Fsp3) is 0.367. The molecular weight excluding hydrogens is 544 g/mol. The first-order valence-electron chi connectivity index (χ1n) is 13.3. The smallest absolute Gasteiger partial charge is 0.264 e. The van der Waals surface area contributed by atoms with Crippen molar-refractivity contribution in [3.8, 4) is 11.1 Å². The third-order valence-corrected chi connectivity index (χ3v) is 8.75. The lowest BCUT2D eigenvalue weighted by atomic mass is 9.71. The summed E-state index contributed by atoms with van der Waals surface area (Å²) < 4.78 is 0. The van der Waals surface area contributed by atoms with Crippen molar-refractivity contribution in [1.82, 2.24) is 10.2 Å². The Labute approximate surface area is 244 Å². The number of guanidine groups is 1. The third kappa shape index (κ3) is 7.34. The molecule has 2 amide bonds. The first kappa shape index (κ1) is 29.4. The molecule has 8 nitrogen and oxygen atoms in total. The summed E-state index contributed by atoms with van der Waals surface area (Å²) >= 11 is 7.52. The van der Waals surface area contributed by atoms with Gasteiger partial charge in [0.2, 0.25) is 5.96 Å². The zero-order chi connectivity index (χ0) is 28.9. The van der Waals surface area contributed by atoms with E-state index in [9.17, 15) is 9.59 Å². The summed E-state index contributed by atoms with van der Waals surface area (Å²) in [7, 11) is 0. The summed E-state index contributed by atoms with van der Waals surface area (Å²) in [5.74, 6) is -0.0382. The van der Waals surface area contributed by atoms with Crippen LogP contribution in [0.3, 0.4) is 0 Å². The zero-order valence-corrected chi connectivity index (χ0v) is 24.6. The SMILES string of the molecule is CC(C)(C)C1CCC(N(Cc2ccc(C(=O)N/C(N)=N/N=N)cc2)C(=O)c2cc(-c3ccc(Cl)cc3)cs2)CC1. The molecule has 0 atom stereocenters. The highest BCUT2D eigenvalue weighted by Gasteiger charge is 2.34. The van der Waals surface area contributed by atoms with Crippen LogP contribution in [-0.2, 0) is 6.54 Å². The molecule has 4 N–H and O–H groups in total. The number of amides is 2. The van der Waals surface area contributed by atoms with Crippen LogP contribution in [0.15, 0.2) is 70.3 Å². The molecule has 4 rings (SSSR count). The molecule has 3 aromatic rings. The summed E-state index contributed by atoms with van der Waals surface area (Å²) in [5.41, 5.74) is 15.8. The molecule has 1 heterocycles. The lowest BCUT2D eigenvalue weighted by molar-refractivity contribution is 0.0535. The van der Waals surface area contributed by atoms with E-state index in [2.05, 4.69) is 36.4 Å². The van der Waals surface area contributed by atoms with Gasteiger partial charge in [-0.2, -0.15) is 5.53 Å². The molecule has 1 aliphatic rings. The number of hydrogen-bond acceptors (Lipinski definition) is 5. The van der Waals surface area contributed by atoms with Crippen LogP contribution in [0.1, 0.15) is 72.0 Å². The summed E-state index contributed by atoms with van der Waals surface area (Å²) in [5, 5.41) is 11.2. The minimum absolute atomic E-state index is 0.0226. The van der Waals surface area contributed by atoms with Crippen molar-refractivity contribution in [2.75, 3.05) is 0 Å². The van der Waals surface area contributed by atoms with E-state index in [1.807, 2.05) is 52.7 Å². The van der Waals surface area contributed by atoms with E-state index in [1.54, 1.807) is 12.1 Å². The Morgan fingerprint density at radius 3 is 2.30 bits per heavy atom. The molecule has 0 aliphatic heterocycles. The monoisotopic (exact) mass is 578 g/mol. The van der Waals surface area contributed by atoms with Gasteiger partial charge in [0.1, 0.15) is 0 Å². The normalized spacial score (nSPS) is 17.8. The average Bonchev–Trinajstić information content (AvgIpc) is 3.42.